The third kappa shape index (κ3) is 4.86. The van der Waals surface area contributed by atoms with Gasteiger partial charge in [0.15, 0.2) is 0 Å². The summed E-state index contributed by atoms with van der Waals surface area (Å²) < 4.78 is 33.0. The first-order chi connectivity index (χ1) is 13.7. The molecule has 1 atom stereocenters. The van der Waals surface area contributed by atoms with Gasteiger partial charge in [0.25, 0.3) is 0 Å². The van der Waals surface area contributed by atoms with Crippen molar-refractivity contribution in [1.29, 1.82) is 0 Å². The van der Waals surface area contributed by atoms with Gasteiger partial charge in [-0.3, -0.25) is 4.79 Å². The predicted molar refractivity (Wildman–Crippen MR) is 114 cm³/mol. The van der Waals surface area contributed by atoms with Gasteiger partial charge in [-0.05, 0) is 55.7 Å². The van der Waals surface area contributed by atoms with Crippen molar-refractivity contribution in [2.75, 3.05) is 25.5 Å². The average molecular weight is 457 g/mol. The van der Waals surface area contributed by atoms with Crippen LogP contribution < -0.4 is 10.1 Å². The molecule has 1 amide bonds. The van der Waals surface area contributed by atoms with Gasteiger partial charge in [-0.2, -0.15) is 4.31 Å². The SMILES string of the molecule is COc1ccc(C)cc1S(=O)(=O)N1CCC[C@H](C(=O)Nc2cc(Cl)ccc2Cl)C1. The van der Waals surface area contributed by atoms with Gasteiger partial charge in [0, 0.05) is 18.1 Å². The summed E-state index contributed by atoms with van der Waals surface area (Å²) in [5.74, 6) is -0.498. The number of carbonyl (C=O) groups is 1. The number of carbonyl (C=O) groups excluding carboxylic acids is 1. The minimum atomic E-state index is -3.80. The molecule has 1 aliphatic rings. The Bertz CT molecular complexity index is 1030. The fourth-order valence-electron chi connectivity index (χ4n) is 3.33. The van der Waals surface area contributed by atoms with Crippen molar-refractivity contribution in [1.82, 2.24) is 4.31 Å². The fourth-order valence-corrected chi connectivity index (χ4v) is 5.43. The van der Waals surface area contributed by atoms with Crippen LogP contribution in [0.5, 0.6) is 5.75 Å². The predicted octanol–water partition coefficient (Wildman–Crippen LogP) is 4.35. The highest BCUT2D eigenvalue weighted by molar-refractivity contribution is 7.89. The van der Waals surface area contributed by atoms with Gasteiger partial charge < -0.3 is 10.1 Å². The van der Waals surface area contributed by atoms with Gasteiger partial charge in [-0.15, -0.1) is 0 Å². The van der Waals surface area contributed by atoms with Gasteiger partial charge in [-0.1, -0.05) is 29.3 Å². The molecule has 6 nitrogen and oxygen atoms in total. The normalized spacial score (nSPS) is 17.7. The molecule has 0 radical (unpaired) electrons. The molecule has 0 bridgehead atoms. The van der Waals surface area contributed by atoms with Gasteiger partial charge >= 0.3 is 0 Å². The van der Waals surface area contributed by atoms with E-state index in [9.17, 15) is 13.2 Å². The number of amides is 1. The summed E-state index contributed by atoms with van der Waals surface area (Å²) in [6, 6.07) is 9.81. The first-order valence-electron chi connectivity index (χ1n) is 9.13. The van der Waals surface area contributed by atoms with Crippen molar-refractivity contribution >= 4 is 44.8 Å². The number of ether oxygens (including phenoxy) is 1. The molecule has 0 saturated carbocycles. The molecule has 2 aromatic rings. The van der Waals surface area contributed by atoms with Crippen molar-refractivity contribution in [2.24, 2.45) is 5.92 Å². The summed E-state index contributed by atoms with van der Waals surface area (Å²) in [6.45, 7) is 2.25. The molecule has 29 heavy (non-hydrogen) atoms. The molecule has 0 aliphatic carbocycles. The number of rotatable bonds is 5. The Morgan fingerprint density at radius 2 is 1.97 bits per heavy atom. The van der Waals surface area contributed by atoms with Gasteiger partial charge in [0.05, 0.1) is 23.7 Å². The Kier molecular flexibility index (Phi) is 6.73. The molecule has 9 heteroatoms. The lowest BCUT2D eigenvalue weighted by Crippen LogP contribution is -2.43. The van der Waals surface area contributed by atoms with E-state index in [2.05, 4.69) is 5.32 Å². The molecule has 2 aromatic carbocycles. The topological polar surface area (TPSA) is 75.7 Å². The molecule has 1 saturated heterocycles. The first kappa shape index (κ1) is 21.9. The molecule has 156 valence electrons. The van der Waals surface area contributed by atoms with E-state index in [0.717, 1.165) is 5.56 Å². The number of nitrogens with zero attached hydrogens (tertiary/aromatic N) is 1. The molecule has 0 unspecified atom stereocenters. The van der Waals surface area contributed by atoms with Crippen LogP contribution in [0.4, 0.5) is 5.69 Å². The van der Waals surface area contributed by atoms with Crippen molar-refractivity contribution < 1.29 is 17.9 Å². The number of methoxy groups -OCH3 is 1. The van der Waals surface area contributed by atoms with E-state index in [-0.39, 0.29) is 23.1 Å². The quantitative estimate of drug-likeness (QED) is 0.725. The Morgan fingerprint density at radius 3 is 2.69 bits per heavy atom. The number of anilines is 1. The smallest absolute Gasteiger partial charge is 0.246 e. The minimum Gasteiger partial charge on any atom is -0.495 e. The van der Waals surface area contributed by atoms with Crippen LogP contribution in [0, 0.1) is 12.8 Å². The lowest BCUT2D eigenvalue weighted by atomic mass is 9.99. The molecular weight excluding hydrogens is 435 g/mol. The second kappa shape index (κ2) is 8.92. The number of sulfonamides is 1. The zero-order chi connectivity index (χ0) is 21.2. The summed E-state index contributed by atoms with van der Waals surface area (Å²) in [5.41, 5.74) is 1.22. The maximum absolute atomic E-state index is 13.2. The van der Waals surface area contributed by atoms with Gasteiger partial charge in [0.2, 0.25) is 15.9 Å². The van der Waals surface area contributed by atoms with E-state index in [0.29, 0.717) is 35.1 Å². The fraction of sp³-hybridized carbons (Fsp3) is 0.350. The third-order valence-electron chi connectivity index (χ3n) is 4.88. The van der Waals surface area contributed by atoms with Crippen LogP contribution in [0.25, 0.3) is 0 Å². The van der Waals surface area contributed by atoms with Crippen LogP contribution in [-0.2, 0) is 14.8 Å². The largest absolute Gasteiger partial charge is 0.495 e. The highest BCUT2D eigenvalue weighted by Crippen LogP contribution is 2.31. The van der Waals surface area contributed by atoms with Crippen molar-refractivity contribution in [2.45, 2.75) is 24.7 Å². The molecule has 1 N–H and O–H groups in total. The Hall–Kier alpha value is -1.80. The molecule has 1 fully saturated rings. The lowest BCUT2D eigenvalue weighted by Gasteiger charge is -2.31. The van der Waals surface area contributed by atoms with Crippen LogP contribution in [0.3, 0.4) is 0 Å². The summed E-state index contributed by atoms with van der Waals surface area (Å²) >= 11 is 12.1. The van der Waals surface area contributed by atoms with E-state index in [1.165, 1.54) is 11.4 Å². The van der Waals surface area contributed by atoms with Crippen LogP contribution in [-0.4, -0.2) is 38.8 Å². The number of hydrogen-bond donors (Lipinski definition) is 1. The molecule has 1 heterocycles. The van der Waals surface area contributed by atoms with E-state index in [1.807, 2.05) is 6.92 Å². The monoisotopic (exact) mass is 456 g/mol. The van der Waals surface area contributed by atoms with Crippen LogP contribution in [0.15, 0.2) is 41.3 Å². The van der Waals surface area contributed by atoms with E-state index in [1.54, 1.807) is 36.4 Å². The summed E-state index contributed by atoms with van der Waals surface area (Å²) in [5, 5.41) is 3.58. The molecule has 0 spiro atoms. The summed E-state index contributed by atoms with van der Waals surface area (Å²) in [4.78, 5) is 12.9. The van der Waals surface area contributed by atoms with E-state index < -0.39 is 15.9 Å². The molecule has 0 aromatic heterocycles. The summed E-state index contributed by atoms with van der Waals surface area (Å²) in [7, 11) is -2.36. The standard InChI is InChI=1S/C20H22Cl2N2O4S/c1-13-5-8-18(28-2)19(10-13)29(26,27)24-9-3-4-14(12-24)20(25)23-17-11-15(21)6-7-16(17)22/h5-8,10-11,14H,3-4,9,12H2,1-2H3,(H,23,25)/t14-/m0/s1. The first-order valence-corrected chi connectivity index (χ1v) is 11.3. The van der Waals surface area contributed by atoms with E-state index in [4.69, 9.17) is 27.9 Å². The number of hydrogen-bond acceptors (Lipinski definition) is 4. The second-order valence-electron chi connectivity index (χ2n) is 6.97. The van der Waals surface area contributed by atoms with Gasteiger partial charge in [-0.25, -0.2) is 8.42 Å². The number of halogens is 2. The Labute approximate surface area is 180 Å². The third-order valence-corrected chi connectivity index (χ3v) is 7.33. The van der Waals surface area contributed by atoms with Crippen molar-refractivity contribution in [3.8, 4) is 5.75 Å². The number of aryl methyl sites for hydroxylation is 1. The minimum absolute atomic E-state index is 0.0868. The highest BCUT2D eigenvalue weighted by atomic mass is 35.5. The van der Waals surface area contributed by atoms with Crippen LogP contribution in [0.2, 0.25) is 10.0 Å². The number of benzene rings is 2. The summed E-state index contributed by atoms with van der Waals surface area (Å²) in [6.07, 6.45) is 1.16. The Morgan fingerprint density at radius 1 is 1.21 bits per heavy atom. The zero-order valence-electron chi connectivity index (χ0n) is 16.1. The molecule has 1 aliphatic heterocycles. The van der Waals surface area contributed by atoms with Crippen LogP contribution >= 0.6 is 23.2 Å². The van der Waals surface area contributed by atoms with Crippen molar-refractivity contribution in [3.63, 3.8) is 0 Å². The van der Waals surface area contributed by atoms with Gasteiger partial charge in [0.1, 0.15) is 10.6 Å². The van der Waals surface area contributed by atoms with Crippen LogP contribution in [0.1, 0.15) is 18.4 Å². The number of piperidine rings is 1. The average Bonchev–Trinajstić information content (AvgIpc) is 2.70. The van der Waals surface area contributed by atoms with Crippen molar-refractivity contribution in [3.05, 3.63) is 52.0 Å². The maximum atomic E-state index is 13.2. The Balaban J connectivity index is 1.80. The second-order valence-corrected chi connectivity index (χ2v) is 9.72. The highest BCUT2D eigenvalue weighted by Gasteiger charge is 2.35. The number of nitrogens with one attached hydrogen (secondary N) is 1. The zero-order valence-corrected chi connectivity index (χ0v) is 18.4. The van der Waals surface area contributed by atoms with E-state index >= 15 is 0 Å². The molecule has 3 rings (SSSR count). The lowest BCUT2D eigenvalue weighted by molar-refractivity contribution is -0.120. The maximum Gasteiger partial charge on any atom is 0.246 e. The molecular formula is C20H22Cl2N2O4S.